The first-order valence-electron chi connectivity index (χ1n) is 7.21. The van der Waals surface area contributed by atoms with Crippen molar-refractivity contribution in [3.8, 4) is 0 Å². The maximum Gasteiger partial charge on any atom is 0.225 e. The van der Waals surface area contributed by atoms with Gasteiger partial charge < -0.3 is 14.2 Å². The van der Waals surface area contributed by atoms with E-state index in [0.717, 1.165) is 5.69 Å². The number of aromatic nitrogens is 3. The van der Waals surface area contributed by atoms with Gasteiger partial charge in [-0.1, -0.05) is 0 Å². The minimum atomic E-state index is 0.00358. The highest BCUT2D eigenvalue weighted by Gasteiger charge is 2.29. The summed E-state index contributed by atoms with van der Waals surface area (Å²) in [4.78, 5) is 14.5. The van der Waals surface area contributed by atoms with Gasteiger partial charge in [-0.2, -0.15) is 5.10 Å². The molecular formula is C15H20N4O2. The van der Waals surface area contributed by atoms with E-state index in [0.29, 0.717) is 32.7 Å². The molecule has 1 saturated heterocycles. The van der Waals surface area contributed by atoms with Crippen LogP contribution in [0.25, 0.3) is 0 Å². The van der Waals surface area contributed by atoms with Gasteiger partial charge in [-0.3, -0.25) is 9.48 Å². The highest BCUT2D eigenvalue weighted by atomic mass is 16.5. The Balaban J connectivity index is 1.69. The molecule has 112 valence electrons. The number of hydrogen-bond acceptors (Lipinski definition) is 3. The summed E-state index contributed by atoms with van der Waals surface area (Å²) in [5.74, 6) is 0.153. The van der Waals surface area contributed by atoms with Crippen LogP contribution in [0.15, 0.2) is 36.8 Å². The summed E-state index contributed by atoms with van der Waals surface area (Å²) in [6, 6.07) is 5.92. The predicted molar refractivity (Wildman–Crippen MR) is 77.5 cm³/mol. The minimum absolute atomic E-state index is 0.00358. The number of carbonyl (C=O) groups excluding carboxylic acids is 1. The number of morpholine rings is 1. The molecule has 1 aliphatic heterocycles. The molecule has 1 aliphatic rings. The highest BCUT2D eigenvalue weighted by molar-refractivity contribution is 5.76. The maximum atomic E-state index is 12.5. The Morgan fingerprint density at radius 3 is 3.05 bits per heavy atom. The number of amides is 1. The second-order valence-corrected chi connectivity index (χ2v) is 5.24. The molecule has 1 fully saturated rings. The van der Waals surface area contributed by atoms with Crippen LogP contribution in [-0.4, -0.2) is 44.9 Å². The summed E-state index contributed by atoms with van der Waals surface area (Å²) in [6.07, 6.45) is 6.06. The molecule has 1 atom stereocenters. The van der Waals surface area contributed by atoms with Crippen molar-refractivity contribution in [3.05, 3.63) is 42.5 Å². The number of carbonyl (C=O) groups is 1. The van der Waals surface area contributed by atoms with E-state index in [1.807, 2.05) is 47.1 Å². The molecule has 0 aliphatic carbocycles. The van der Waals surface area contributed by atoms with Gasteiger partial charge in [0.05, 0.1) is 19.3 Å². The molecule has 0 N–H and O–H groups in total. The van der Waals surface area contributed by atoms with Gasteiger partial charge in [0.15, 0.2) is 0 Å². The van der Waals surface area contributed by atoms with Crippen molar-refractivity contribution >= 4 is 5.91 Å². The Morgan fingerprint density at radius 1 is 1.43 bits per heavy atom. The first-order valence-corrected chi connectivity index (χ1v) is 7.21. The number of ether oxygens (including phenoxy) is 1. The second-order valence-electron chi connectivity index (χ2n) is 5.24. The molecule has 0 saturated carbocycles. The number of aryl methyl sites for hydroxylation is 2. The molecule has 0 aromatic carbocycles. The molecule has 2 aromatic rings. The summed E-state index contributed by atoms with van der Waals surface area (Å²) in [7, 11) is 2.00. The Bertz CT molecular complexity index is 591. The van der Waals surface area contributed by atoms with Gasteiger partial charge in [0.25, 0.3) is 0 Å². The van der Waals surface area contributed by atoms with E-state index in [4.69, 9.17) is 4.74 Å². The predicted octanol–water partition coefficient (Wildman–Crippen LogP) is 1.21. The van der Waals surface area contributed by atoms with Crippen molar-refractivity contribution in [3.63, 3.8) is 0 Å². The standard InChI is InChI=1S/C15H20N4O2/c1-17-7-2-4-13(17)14-12-21-11-10-19(14)15(20)5-9-18-8-3-6-16-18/h2-4,6-8,14H,5,9-12H2,1H3/t14-/m1/s1. The van der Waals surface area contributed by atoms with E-state index < -0.39 is 0 Å². The van der Waals surface area contributed by atoms with Crippen molar-refractivity contribution in [1.29, 1.82) is 0 Å². The molecule has 0 radical (unpaired) electrons. The summed E-state index contributed by atoms with van der Waals surface area (Å²) in [5, 5.41) is 4.13. The van der Waals surface area contributed by atoms with Crippen LogP contribution in [0.4, 0.5) is 0 Å². The zero-order valence-corrected chi connectivity index (χ0v) is 12.2. The number of rotatable bonds is 4. The fourth-order valence-electron chi connectivity index (χ4n) is 2.75. The SMILES string of the molecule is Cn1cccc1[C@H]1COCCN1C(=O)CCn1cccn1. The summed E-state index contributed by atoms with van der Waals surface area (Å²) >= 11 is 0. The third-order valence-corrected chi connectivity index (χ3v) is 3.89. The van der Waals surface area contributed by atoms with E-state index in [-0.39, 0.29) is 11.9 Å². The monoisotopic (exact) mass is 288 g/mol. The van der Waals surface area contributed by atoms with Crippen LogP contribution in [0.1, 0.15) is 18.2 Å². The van der Waals surface area contributed by atoms with Gasteiger partial charge in [0.2, 0.25) is 5.91 Å². The Hall–Kier alpha value is -2.08. The third-order valence-electron chi connectivity index (χ3n) is 3.89. The lowest BCUT2D eigenvalue weighted by Crippen LogP contribution is -2.44. The molecule has 21 heavy (non-hydrogen) atoms. The molecule has 6 nitrogen and oxygen atoms in total. The van der Waals surface area contributed by atoms with Crippen molar-refractivity contribution in [2.75, 3.05) is 19.8 Å². The topological polar surface area (TPSA) is 52.3 Å². The molecular weight excluding hydrogens is 268 g/mol. The van der Waals surface area contributed by atoms with Crippen molar-refractivity contribution in [2.24, 2.45) is 7.05 Å². The fourth-order valence-corrected chi connectivity index (χ4v) is 2.75. The van der Waals surface area contributed by atoms with Crippen LogP contribution < -0.4 is 0 Å². The van der Waals surface area contributed by atoms with Crippen molar-refractivity contribution < 1.29 is 9.53 Å². The van der Waals surface area contributed by atoms with Gasteiger partial charge in [-0.15, -0.1) is 0 Å². The van der Waals surface area contributed by atoms with Crippen molar-refractivity contribution in [2.45, 2.75) is 19.0 Å². The summed E-state index contributed by atoms with van der Waals surface area (Å²) in [5.41, 5.74) is 1.11. The second kappa shape index (κ2) is 6.13. The van der Waals surface area contributed by atoms with Gasteiger partial charge in [-0.25, -0.2) is 0 Å². The van der Waals surface area contributed by atoms with Crippen LogP contribution >= 0.6 is 0 Å². The fraction of sp³-hybridized carbons (Fsp3) is 0.467. The first-order chi connectivity index (χ1) is 10.3. The van der Waals surface area contributed by atoms with E-state index in [1.165, 1.54) is 0 Å². The van der Waals surface area contributed by atoms with Gasteiger partial charge in [0, 0.05) is 50.8 Å². The normalized spacial score (nSPS) is 18.9. The highest BCUT2D eigenvalue weighted by Crippen LogP contribution is 2.25. The van der Waals surface area contributed by atoms with E-state index in [2.05, 4.69) is 5.10 Å². The largest absolute Gasteiger partial charge is 0.377 e. The van der Waals surface area contributed by atoms with Crippen molar-refractivity contribution in [1.82, 2.24) is 19.2 Å². The van der Waals surface area contributed by atoms with Crippen LogP contribution in [0, 0.1) is 0 Å². The molecule has 2 aromatic heterocycles. The molecule has 1 amide bonds. The zero-order chi connectivity index (χ0) is 14.7. The van der Waals surface area contributed by atoms with Crippen LogP contribution in [0.2, 0.25) is 0 Å². The smallest absolute Gasteiger partial charge is 0.225 e. The molecule has 0 spiro atoms. The molecule has 3 heterocycles. The average Bonchev–Trinajstić information content (AvgIpc) is 3.16. The van der Waals surface area contributed by atoms with E-state index in [1.54, 1.807) is 10.9 Å². The first kappa shape index (κ1) is 13.9. The molecule has 6 heteroatoms. The molecule has 3 rings (SSSR count). The number of nitrogens with zero attached hydrogens (tertiary/aromatic N) is 4. The molecule has 0 unspecified atom stereocenters. The summed E-state index contributed by atoms with van der Waals surface area (Å²) in [6.45, 7) is 2.43. The Labute approximate surface area is 123 Å². The summed E-state index contributed by atoms with van der Waals surface area (Å²) < 4.78 is 9.40. The lowest BCUT2D eigenvalue weighted by Gasteiger charge is -2.36. The van der Waals surface area contributed by atoms with Crippen LogP contribution in [-0.2, 0) is 23.1 Å². The van der Waals surface area contributed by atoms with Gasteiger partial charge in [-0.05, 0) is 18.2 Å². The van der Waals surface area contributed by atoms with Crippen LogP contribution in [0.3, 0.4) is 0 Å². The van der Waals surface area contributed by atoms with Gasteiger partial charge in [0.1, 0.15) is 0 Å². The van der Waals surface area contributed by atoms with Gasteiger partial charge >= 0.3 is 0 Å². The third kappa shape index (κ3) is 3.00. The number of hydrogen-bond donors (Lipinski definition) is 0. The minimum Gasteiger partial charge on any atom is -0.377 e. The average molecular weight is 288 g/mol. The maximum absolute atomic E-state index is 12.5. The zero-order valence-electron chi connectivity index (χ0n) is 12.2. The van der Waals surface area contributed by atoms with Crippen LogP contribution in [0.5, 0.6) is 0 Å². The quantitative estimate of drug-likeness (QED) is 0.850. The lowest BCUT2D eigenvalue weighted by molar-refractivity contribution is -0.140. The van der Waals surface area contributed by atoms with E-state index in [9.17, 15) is 4.79 Å². The molecule has 0 bridgehead atoms. The van der Waals surface area contributed by atoms with E-state index >= 15 is 0 Å². The Kier molecular flexibility index (Phi) is 4.06. The lowest BCUT2D eigenvalue weighted by atomic mass is 10.1. The Morgan fingerprint density at radius 2 is 2.33 bits per heavy atom.